The predicted molar refractivity (Wildman–Crippen MR) is 45.7 cm³/mol. The minimum absolute atomic E-state index is 0.0143. The average molecular weight is 221 g/mol. The molecule has 78 valence electrons. The molecule has 0 aromatic heterocycles. The molecule has 1 atom stereocenters. The van der Waals surface area contributed by atoms with Gasteiger partial charge in [0.25, 0.3) is 0 Å². The van der Waals surface area contributed by atoms with Gasteiger partial charge in [-0.3, -0.25) is 4.21 Å². The van der Waals surface area contributed by atoms with Crippen LogP contribution in [0.4, 0.5) is 8.78 Å². The van der Waals surface area contributed by atoms with Crippen LogP contribution in [0.15, 0.2) is 24.3 Å². The fourth-order valence-electron chi connectivity index (χ4n) is 0.903. The van der Waals surface area contributed by atoms with Crippen molar-refractivity contribution in [3.05, 3.63) is 29.8 Å². The molecule has 1 aromatic carbocycles. The molecule has 1 rings (SSSR count). The highest BCUT2D eigenvalue weighted by atomic mass is 32.2. The van der Waals surface area contributed by atoms with Crippen LogP contribution in [-0.2, 0) is 16.8 Å². The monoisotopic (exact) mass is 221 g/mol. The maximum absolute atomic E-state index is 11.7. The van der Waals surface area contributed by atoms with Crippen molar-refractivity contribution in [1.29, 1.82) is 0 Å². The summed E-state index contributed by atoms with van der Waals surface area (Å²) in [5.41, 5.74) is 0.528. The molecule has 0 radical (unpaired) electrons. The van der Waals surface area contributed by atoms with Crippen LogP contribution in [0, 0.1) is 0 Å². The van der Waals surface area contributed by atoms with Gasteiger partial charge in [-0.1, -0.05) is 23.2 Å². The zero-order valence-corrected chi connectivity index (χ0v) is 7.80. The summed E-state index contributed by atoms with van der Waals surface area (Å²) in [6.07, 6.45) is 0. The van der Waals surface area contributed by atoms with E-state index >= 15 is 0 Å². The molecule has 0 aliphatic heterocycles. The van der Waals surface area contributed by atoms with E-state index in [4.69, 9.17) is 0 Å². The number of alkyl halides is 2. The molecule has 0 N–H and O–H groups in total. The molecular weight excluding hydrogens is 214 g/mol. The van der Waals surface area contributed by atoms with Gasteiger partial charge in [0.2, 0.25) is 0 Å². The van der Waals surface area contributed by atoms with Crippen LogP contribution in [0.2, 0.25) is 0 Å². The van der Waals surface area contributed by atoms with E-state index in [1.54, 1.807) is 0 Å². The second kappa shape index (κ2) is 5.02. The van der Waals surface area contributed by atoms with Crippen molar-refractivity contribution in [2.24, 2.45) is 0 Å². The predicted octanol–water partition coefficient (Wildman–Crippen LogP) is 1.67. The first-order valence-corrected chi connectivity index (χ1v) is 4.92. The standard InChI is InChI=1S/C8H8F2O3S/c9-8(10)13-7-3-1-6(2-4-7)5-14(11)12/h1-4,8H,5H2,(H,11,12)/p-1. The third-order valence-corrected chi connectivity index (χ3v) is 2.00. The van der Waals surface area contributed by atoms with Crippen LogP contribution in [0.3, 0.4) is 0 Å². The van der Waals surface area contributed by atoms with E-state index in [1.807, 2.05) is 0 Å². The molecule has 6 heteroatoms. The van der Waals surface area contributed by atoms with E-state index < -0.39 is 17.7 Å². The summed E-state index contributed by atoms with van der Waals surface area (Å²) in [6.45, 7) is -2.87. The van der Waals surface area contributed by atoms with Crippen molar-refractivity contribution in [3.8, 4) is 5.75 Å². The van der Waals surface area contributed by atoms with Gasteiger partial charge in [0.1, 0.15) is 5.75 Å². The van der Waals surface area contributed by atoms with Gasteiger partial charge in [0, 0.05) is 5.75 Å². The van der Waals surface area contributed by atoms with Crippen LogP contribution < -0.4 is 4.74 Å². The summed E-state index contributed by atoms with van der Waals surface area (Å²) >= 11 is -2.17. The van der Waals surface area contributed by atoms with Crippen molar-refractivity contribution < 1.29 is 22.3 Å². The maximum Gasteiger partial charge on any atom is 0.387 e. The zero-order chi connectivity index (χ0) is 10.6. The Kier molecular flexibility index (Phi) is 3.97. The molecule has 0 bridgehead atoms. The number of ether oxygens (including phenoxy) is 1. The molecule has 1 aromatic rings. The first-order chi connectivity index (χ1) is 6.58. The van der Waals surface area contributed by atoms with Crippen molar-refractivity contribution in [2.45, 2.75) is 12.4 Å². The van der Waals surface area contributed by atoms with Gasteiger partial charge in [0.05, 0.1) is 0 Å². The van der Waals surface area contributed by atoms with Crippen molar-refractivity contribution in [1.82, 2.24) is 0 Å². The Morgan fingerprint density at radius 1 is 1.36 bits per heavy atom. The highest BCUT2D eigenvalue weighted by Gasteiger charge is 2.03. The Hall–Kier alpha value is -1.01. The molecule has 0 aliphatic carbocycles. The number of halogens is 2. The molecule has 0 heterocycles. The Labute approximate surface area is 82.0 Å². The molecule has 0 fully saturated rings. The lowest BCUT2D eigenvalue weighted by molar-refractivity contribution is -0.0498. The van der Waals surface area contributed by atoms with Gasteiger partial charge in [0.15, 0.2) is 0 Å². The van der Waals surface area contributed by atoms with E-state index in [0.717, 1.165) is 0 Å². The van der Waals surface area contributed by atoms with Crippen molar-refractivity contribution in [2.75, 3.05) is 0 Å². The Balaban J connectivity index is 2.63. The summed E-state index contributed by atoms with van der Waals surface area (Å²) in [7, 11) is 0. The van der Waals surface area contributed by atoms with E-state index in [9.17, 15) is 17.5 Å². The zero-order valence-electron chi connectivity index (χ0n) is 6.98. The number of hydrogen-bond acceptors (Lipinski definition) is 3. The van der Waals surface area contributed by atoms with Crippen LogP contribution >= 0.6 is 0 Å². The highest BCUT2D eigenvalue weighted by Crippen LogP contribution is 2.15. The van der Waals surface area contributed by atoms with Gasteiger partial charge in [-0.25, -0.2) is 0 Å². The molecule has 0 amide bonds. The van der Waals surface area contributed by atoms with E-state index in [0.29, 0.717) is 5.56 Å². The van der Waals surface area contributed by atoms with Gasteiger partial charge >= 0.3 is 6.61 Å². The minimum Gasteiger partial charge on any atom is -0.772 e. The quantitative estimate of drug-likeness (QED) is 0.726. The fourth-order valence-corrected chi connectivity index (χ4v) is 1.37. The van der Waals surface area contributed by atoms with Crippen LogP contribution in [0.25, 0.3) is 0 Å². The summed E-state index contributed by atoms with van der Waals surface area (Å²) in [6, 6.07) is 5.45. The number of hydrogen-bond donors (Lipinski definition) is 0. The minimum atomic E-state index is -2.87. The largest absolute Gasteiger partial charge is 0.772 e. The maximum atomic E-state index is 11.7. The van der Waals surface area contributed by atoms with E-state index in [-0.39, 0.29) is 11.5 Å². The normalized spacial score (nSPS) is 12.9. The number of benzene rings is 1. The molecule has 0 saturated heterocycles. The van der Waals surface area contributed by atoms with Gasteiger partial charge in [-0.05, 0) is 17.7 Å². The lowest BCUT2D eigenvalue weighted by Crippen LogP contribution is -2.02. The first-order valence-electron chi connectivity index (χ1n) is 3.67. The molecule has 0 spiro atoms. The molecule has 0 saturated carbocycles. The lowest BCUT2D eigenvalue weighted by Gasteiger charge is -2.07. The Morgan fingerprint density at radius 3 is 2.36 bits per heavy atom. The summed E-state index contributed by atoms with van der Waals surface area (Å²) in [5, 5.41) is 0. The van der Waals surface area contributed by atoms with E-state index in [1.165, 1.54) is 24.3 Å². The van der Waals surface area contributed by atoms with Crippen molar-refractivity contribution >= 4 is 11.1 Å². The molecule has 1 unspecified atom stereocenters. The topological polar surface area (TPSA) is 49.4 Å². The summed E-state index contributed by atoms with van der Waals surface area (Å²) < 4.78 is 48.1. The molecular formula is C8H7F2O3S-. The third-order valence-electron chi connectivity index (χ3n) is 1.43. The van der Waals surface area contributed by atoms with Crippen molar-refractivity contribution in [3.63, 3.8) is 0 Å². The van der Waals surface area contributed by atoms with E-state index in [2.05, 4.69) is 4.74 Å². The number of rotatable bonds is 4. The molecule has 14 heavy (non-hydrogen) atoms. The van der Waals surface area contributed by atoms with Gasteiger partial charge in [-0.15, -0.1) is 0 Å². The van der Waals surface area contributed by atoms with Gasteiger partial charge < -0.3 is 9.29 Å². The second-order valence-corrected chi connectivity index (χ2v) is 3.37. The Morgan fingerprint density at radius 2 is 1.93 bits per heavy atom. The summed E-state index contributed by atoms with van der Waals surface area (Å²) in [4.78, 5) is 0. The van der Waals surface area contributed by atoms with Crippen LogP contribution in [-0.4, -0.2) is 15.4 Å². The van der Waals surface area contributed by atoms with Crippen LogP contribution in [0.5, 0.6) is 5.75 Å². The van der Waals surface area contributed by atoms with Crippen LogP contribution in [0.1, 0.15) is 5.56 Å². The lowest BCUT2D eigenvalue weighted by atomic mass is 10.2. The summed E-state index contributed by atoms with van der Waals surface area (Å²) in [5.74, 6) is -0.116. The molecule has 3 nitrogen and oxygen atoms in total. The first kappa shape index (κ1) is 11.1. The second-order valence-electron chi connectivity index (χ2n) is 2.47. The average Bonchev–Trinajstić information content (AvgIpc) is 2.06. The highest BCUT2D eigenvalue weighted by molar-refractivity contribution is 7.78. The molecule has 0 aliphatic rings. The SMILES string of the molecule is O=S([O-])Cc1ccc(OC(F)F)cc1. The van der Waals surface area contributed by atoms with Gasteiger partial charge in [-0.2, -0.15) is 8.78 Å². The third kappa shape index (κ3) is 3.80. The fraction of sp³-hybridized carbons (Fsp3) is 0.250. The smallest absolute Gasteiger partial charge is 0.387 e. The Bertz CT molecular complexity index is 313.